The standard InChI is InChI=1S/C36H37BrClN3O6/c1-23-27(7-4-8-29(23)30-9-5-10-32(24(30)2)45-12-6-11-37)21-47-34-15-33(46-20-26-13-25(16-39)17-40-18-26)28(14-31(34)38)19-41-36(3,22-42)35(43)44/h4-5,7-10,13-15,17-18,41-42H,6,11-12,19-22H2,1-3H3,(H,43,44)/t36-/m0/s1. The maximum atomic E-state index is 11.8. The highest BCUT2D eigenvalue weighted by atomic mass is 79.9. The molecule has 1 heterocycles. The lowest BCUT2D eigenvalue weighted by molar-refractivity contribution is -0.145. The van der Waals surface area contributed by atoms with Gasteiger partial charge in [-0.3, -0.25) is 15.1 Å². The molecule has 0 spiro atoms. The number of aliphatic hydroxyl groups is 1. The van der Waals surface area contributed by atoms with Gasteiger partial charge in [-0.2, -0.15) is 5.26 Å². The average molecular weight is 723 g/mol. The van der Waals surface area contributed by atoms with Gasteiger partial charge in [0.2, 0.25) is 0 Å². The Balaban J connectivity index is 1.60. The maximum Gasteiger partial charge on any atom is 0.326 e. The Bertz CT molecular complexity index is 1760. The summed E-state index contributed by atoms with van der Waals surface area (Å²) < 4.78 is 18.4. The minimum atomic E-state index is -1.58. The predicted molar refractivity (Wildman–Crippen MR) is 184 cm³/mol. The highest BCUT2D eigenvalue weighted by Gasteiger charge is 2.32. The van der Waals surface area contributed by atoms with E-state index in [2.05, 4.69) is 58.3 Å². The summed E-state index contributed by atoms with van der Waals surface area (Å²) in [4.78, 5) is 15.8. The van der Waals surface area contributed by atoms with Crippen molar-refractivity contribution in [2.24, 2.45) is 0 Å². The van der Waals surface area contributed by atoms with E-state index in [4.69, 9.17) is 25.8 Å². The fourth-order valence-corrected chi connectivity index (χ4v) is 5.29. The van der Waals surface area contributed by atoms with Gasteiger partial charge in [-0.1, -0.05) is 57.9 Å². The van der Waals surface area contributed by atoms with Gasteiger partial charge in [-0.15, -0.1) is 0 Å². The third kappa shape index (κ3) is 9.02. The van der Waals surface area contributed by atoms with E-state index >= 15 is 0 Å². The SMILES string of the molecule is Cc1c(COc2cc(OCc3cncc(C#N)c3)c(CN[C@@](C)(CO)C(=O)O)cc2Cl)cccc1-c1cccc(OCCCBr)c1C. The Morgan fingerprint density at radius 1 is 0.979 bits per heavy atom. The Morgan fingerprint density at radius 3 is 2.40 bits per heavy atom. The number of carboxylic acid groups (broad SMARTS) is 1. The minimum Gasteiger partial charge on any atom is -0.493 e. The lowest BCUT2D eigenvalue weighted by Gasteiger charge is -2.25. The number of nitrogens with zero attached hydrogens (tertiary/aromatic N) is 2. The molecular formula is C36H37BrClN3O6. The average Bonchev–Trinajstić information content (AvgIpc) is 3.07. The van der Waals surface area contributed by atoms with E-state index in [1.807, 2.05) is 24.3 Å². The molecule has 0 unspecified atom stereocenters. The van der Waals surface area contributed by atoms with Crippen molar-refractivity contribution >= 4 is 33.5 Å². The number of nitrogens with one attached hydrogen (secondary N) is 1. The van der Waals surface area contributed by atoms with Crippen molar-refractivity contribution in [1.82, 2.24) is 10.3 Å². The van der Waals surface area contributed by atoms with Crippen LogP contribution in [0.5, 0.6) is 17.2 Å². The van der Waals surface area contributed by atoms with Gasteiger partial charge < -0.3 is 24.4 Å². The highest BCUT2D eigenvalue weighted by molar-refractivity contribution is 9.09. The summed E-state index contributed by atoms with van der Waals surface area (Å²) in [7, 11) is 0. The normalized spacial score (nSPS) is 12.2. The van der Waals surface area contributed by atoms with Gasteiger partial charge in [0.15, 0.2) is 0 Å². The van der Waals surface area contributed by atoms with Crippen LogP contribution in [0.3, 0.4) is 0 Å². The lowest BCUT2D eigenvalue weighted by atomic mass is 9.93. The number of aliphatic hydroxyl groups excluding tert-OH is 1. The third-order valence-electron chi connectivity index (χ3n) is 7.83. The van der Waals surface area contributed by atoms with Crippen LogP contribution >= 0.6 is 27.5 Å². The van der Waals surface area contributed by atoms with Gasteiger partial charge in [-0.05, 0) is 73.2 Å². The topological polar surface area (TPSA) is 134 Å². The molecular weight excluding hydrogens is 686 g/mol. The van der Waals surface area contributed by atoms with Gasteiger partial charge in [-0.25, -0.2) is 0 Å². The van der Waals surface area contributed by atoms with Crippen LogP contribution in [0, 0.1) is 25.2 Å². The largest absolute Gasteiger partial charge is 0.493 e. The second kappa shape index (κ2) is 16.6. The molecule has 11 heteroatoms. The third-order valence-corrected chi connectivity index (χ3v) is 8.69. The number of alkyl halides is 1. The number of carbonyl (C=O) groups is 1. The van der Waals surface area contributed by atoms with Crippen LogP contribution in [-0.2, 0) is 24.6 Å². The first-order valence-electron chi connectivity index (χ1n) is 15.0. The van der Waals surface area contributed by atoms with Crippen molar-refractivity contribution in [1.29, 1.82) is 5.26 Å². The van der Waals surface area contributed by atoms with Crippen LogP contribution in [0.15, 0.2) is 67.0 Å². The zero-order valence-corrected chi connectivity index (χ0v) is 28.8. The van der Waals surface area contributed by atoms with Gasteiger partial charge >= 0.3 is 5.97 Å². The molecule has 9 nitrogen and oxygen atoms in total. The predicted octanol–water partition coefficient (Wildman–Crippen LogP) is 7.14. The fourth-order valence-electron chi connectivity index (χ4n) is 4.82. The number of aromatic nitrogens is 1. The van der Waals surface area contributed by atoms with Crippen molar-refractivity contribution in [3.8, 4) is 34.4 Å². The Hall–Kier alpha value is -4.14. The molecule has 0 radical (unpaired) electrons. The number of aliphatic carboxylic acids is 1. The molecule has 4 aromatic rings. The molecule has 1 atom stereocenters. The summed E-state index contributed by atoms with van der Waals surface area (Å²) in [5.41, 5.74) is 5.29. The van der Waals surface area contributed by atoms with Gasteiger partial charge in [0.1, 0.15) is 42.1 Å². The van der Waals surface area contributed by atoms with Crippen LogP contribution < -0.4 is 19.5 Å². The Morgan fingerprint density at radius 2 is 1.70 bits per heavy atom. The molecule has 47 heavy (non-hydrogen) atoms. The zero-order chi connectivity index (χ0) is 34.0. The molecule has 0 aliphatic rings. The smallest absolute Gasteiger partial charge is 0.326 e. The molecule has 0 aliphatic carbocycles. The second-order valence-corrected chi connectivity index (χ2v) is 12.4. The molecule has 0 saturated heterocycles. The summed E-state index contributed by atoms with van der Waals surface area (Å²) in [6, 6.07) is 19.2. The van der Waals surface area contributed by atoms with Crippen molar-refractivity contribution in [2.45, 2.75) is 52.5 Å². The number of hydrogen-bond donors (Lipinski definition) is 3. The number of carboxylic acids is 1. The first kappa shape index (κ1) is 35.7. The molecule has 3 N–H and O–H groups in total. The zero-order valence-electron chi connectivity index (χ0n) is 26.5. The summed E-state index contributed by atoms with van der Waals surface area (Å²) in [6.07, 6.45) is 3.98. The second-order valence-electron chi connectivity index (χ2n) is 11.2. The lowest BCUT2D eigenvalue weighted by Crippen LogP contribution is -2.52. The Labute approximate surface area is 288 Å². The number of ether oxygens (including phenoxy) is 3. The quantitative estimate of drug-likeness (QED) is 0.0815. The monoisotopic (exact) mass is 721 g/mol. The molecule has 3 aromatic carbocycles. The van der Waals surface area contributed by atoms with E-state index < -0.39 is 18.1 Å². The minimum absolute atomic E-state index is 0.0363. The number of halogens is 2. The van der Waals surface area contributed by atoms with E-state index in [-0.39, 0.29) is 19.8 Å². The van der Waals surface area contributed by atoms with Crippen LogP contribution in [-0.4, -0.2) is 45.2 Å². The van der Waals surface area contributed by atoms with E-state index in [0.717, 1.165) is 45.3 Å². The first-order valence-corrected chi connectivity index (χ1v) is 16.5. The summed E-state index contributed by atoms with van der Waals surface area (Å²) in [5, 5.41) is 32.6. The summed E-state index contributed by atoms with van der Waals surface area (Å²) >= 11 is 10.1. The van der Waals surface area contributed by atoms with Crippen LogP contribution in [0.4, 0.5) is 0 Å². The van der Waals surface area contributed by atoms with Crippen LogP contribution in [0.2, 0.25) is 5.02 Å². The van der Waals surface area contributed by atoms with Crippen LogP contribution in [0.25, 0.3) is 11.1 Å². The molecule has 4 rings (SSSR count). The fraction of sp³-hybridized carbons (Fsp3) is 0.306. The molecule has 1 aromatic heterocycles. The van der Waals surface area contributed by atoms with Crippen LogP contribution in [0.1, 0.15) is 46.7 Å². The van der Waals surface area contributed by atoms with E-state index in [0.29, 0.717) is 39.8 Å². The van der Waals surface area contributed by atoms with Gasteiger partial charge in [0.25, 0.3) is 0 Å². The van der Waals surface area contributed by atoms with Gasteiger partial charge in [0.05, 0.1) is 23.8 Å². The van der Waals surface area contributed by atoms with Crippen molar-refractivity contribution in [3.63, 3.8) is 0 Å². The molecule has 0 saturated carbocycles. The first-order chi connectivity index (χ1) is 22.6. The molecule has 0 bridgehead atoms. The van der Waals surface area contributed by atoms with Crippen molar-refractivity contribution in [2.75, 3.05) is 18.5 Å². The number of rotatable bonds is 16. The maximum absolute atomic E-state index is 11.8. The number of benzene rings is 3. The summed E-state index contributed by atoms with van der Waals surface area (Å²) in [5.74, 6) is 0.425. The van der Waals surface area contributed by atoms with Crippen molar-refractivity contribution < 1.29 is 29.2 Å². The number of hydrogen-bond acceptors (Lipinski definition) is 8. The molecule has 0 fully saturated rings. The number of pyridine rings is 1. The molecule has 246 valence electrons. The van der Waals surface area contributed by atoms with Gasteiger partial charge in [0, 0.05) is 41.5 Å². The van der Waals surface area contributed by atoms with Crippen molar-refractivity contribution in [3.05, 3.63) is 105 Å². The van der Waals surface area contributed by atoms with E-state index in [1.54, 1.807) is 24.4 Å². The molecule has 0 aliphatic heterocycles. The van der Waals surface area contributed by atoms with E-state index in [9.17, 15) is 20.3 Å². The number of nitriles is 1. The Kier molecular flexibility index (Phi) is 12.6. The molecule has 0 amide bonds. The summed E-state index contributed by atoms with van der Waals surface area (Å²) in [6.45, 7) is 5.87. The van der Waals surface area contributed by atoms with E-state index in [1.165, 1.54) is 13.1 Å². The highest BCUT2D eigenvalue weighted by Crippen LogP contribution is 2.36.